The first-order valence-corrected chi connectivity index (χ1v) is 6.69. The molecule has 0 aliphatic carbocycles. The zero-order chi connectivity index (χ0) is 14.4. The molecule has 4 heteroatoms. The third-order valence-electron chi connectivity index (χ3n) is 3.16. The minimum absolute atomic E-state index is 0.0520. The molecule has 0 saturated heterocycles. The van der Waals surface area contributed by atoms with Gasteiger partial charge in [0.15, 0.2) is 0 Å². The molecule has 1 aliphatic heterocycles. The number of hydrogen-bond donors (Lipinski definition) is 1. The highest BCUT2D eigenvalue weighted by atomic mass is 16.5. The van der Waals surface area contributed by atoms with Gasteiger partial charge < -0.3 is 14.7 Å². The van der Waals surface area contributed by atoms with E-state index >= 15 is 0 Å². The highest BCUT2D eigenvalue weighted by Crippen LogP contribution is 2.26. The van der Waals surface area contributed by atoms with Gasteiger partial charge in [-0.25, -0.2) is 0 Å². The lowest BCUT2D eigenvalue weighted by Gasteiger charge is -2.17. The van der Waals surface area contributed by atoms with Crippen LogP contribution < -0.4 is 4.74 Å². The Bertz CT molecular complexity index is 522. The van der Waals surface area contributed by atoms with Gasteiger partial charge in [0.1, 0.15) is 5.75 Å². The average Bonchev–Trinajstić information content (AvgIpc) is 2.92. The molecule has 0 fully saturated rings. The summed E-state index contributed by atoms with van der Waals surface area (Å²) in [5.41, 5.74) is 2.16. The molecule has 0 bridgehead atoms. The van der Waals surface area contributed by atoms with Gasteiger partial charge in [-0.15, -0.1) is 6.58 Å². The number of carbonyl (C=O) groups is 1. The Morgan fingerprint density at radius 3 is 3.10 bits per heavy atom. The number of fused-ring (bicyclic) bond motifs is 1. The highest BCUT2D eigenvalue weighted by Gasteiger charge is 2.11. The number of amides is 1. The van der Waals surface area contributed by atoms with E-state index in [-0.39, 0.29) is 12.5 Å². The van der Waals surface area contributed by atoms with Crippen molar-refractivity contribution in [2.45, 2.75) is 6.42 Å². The monoisotopic (exact) mass is 273 g/mol. The lowest BCUT2D eigenvalue weighted by molar-refractivity contribution is -0.125. The smallest absolute Gasteiger partial charge is 0.246 e. The summed E-state index contributed by atoms with van der Waals surface area (Å²) in [6.45, 7) is 5.03. The maximum Gasteiger partial charge on any atom is 0.246 e. The lowest BCUT2D eigenvalue weighted by Crippen LogP contribution is -2.32. The normalized spacial score (nSPS) is 13.1. The molecule has 1 aromatic carbocycles. The van der Waals surface area contributed by atoms with Crippen LogP contribution in [-0.4, -0.2) is 42.2 Å². The summed E-state index contributed by atoms with van der Waals surface area (Å²) in [6.07, 6.45) is 5.87. The van der Waals surface area contributed by atoms with Gasteiger partial charge >= 0.3 is 0 Å². The second-order valence-corrected chi connectivity index (χ2v) is 4.60. The minimum Gasteiger partial charge on any atom is -0.493 e. The van der Waals surface area contributed by atoms with Crippen LogP contribution in [0, 0.1) is 0 Å². The quantitative estimate of drug-likeness (QED) is 0.633. The molecule has 0 atom stereocenters. The molecule has 20 heavy (non-hydrogen) atoms. The number of aliphatic hydroxyl groups excluding tert-OH is 1. The summed E-state index contributed by atoms with van der Waals surface area (Å²) >= 11 is 0. The number of aliphatic hydroxyl groups is 1. The number of benzene rings is 1. The molecule has 1 aromatic rings. The summed E-state index contributed by atoms with van der Waals surface area (Å²) in [5, 5.41) is 8.94. The van der Waals surface area contributed by atoms with Gasteiger partial charge in [-0.3, -0.25) is 4.79 Å². The molecule has 0 saturated carbocycles. The number of hydrogen-bond acceptors (Lipinski definition) is 3. The molecule has 1 aliphatic rings. The van der Waals surface area contributed by atoms with Crippen molar-refractivity contribution in [1.82, 2.24) is 4.90 Å². The molecule has 1 amide bonds. The van der Waals surface area contributed by atoms with Crippen LogP contribution in [0.25, 0.3) is 6.08 Å². The molecule has 0 unspecified atom stereocenters. The number of carbonyl (C=O) groups excluding carboxylic acids is 1. The van der Waals surface area contributed by atoms with E-state index in [9.17, 15) is 4.79 Å². The summed E-state index contributed by atoms with van der Waals surface area (Å²) in [4.78, 5) is 13.5. The van der Waals surface area contributed by atoms with Gasteiger partial charge in [0.25, 0.3) is 0 Å². The average molecular weight is 273 g/mol. The maximum absolute atomic E-state index is 12.0. The van der Waals surface area contributed by atoms with Crippen molar-refractivity contribution in [3.8, 4) is 5.75 Å². The molecule has 2 rings (SSSR count). The topological polar surface area (TPSA) is 49.8 Å². The Morgan fingerprint density at radius 1 is 1.50 bits per heavy atom. The molecule has 1 N–H and O–H groups in total. The van der Waals surface area contributed by atoms with Crippen LogP contribution >= 0.6 is 0 Å². The van der Waals surface area contributed by atoms with Gasteiger partial charge in [0, 0.05) is 25.6 Å². The fraction of sp³-hybridized carbons (Fsp3) is 0.312. The van der Waals surface area contributed by atoms with Crippen molar-refractivity contribution < 1.29 is 14.6 Å². The third-order valence-corrected chi connectivity index (χ3v) is 3.16. The van der Waals surface area contributed by atoms with E-state index in [1.54, 1.807) is 17.1 Å². The van der Waals surface area contributed by atoms with Crippen LogP contribution in [0.5, 0.6) is 5.75 Å². The van der Waals surface area contributed by atoms with Crippen LogP contribution in [0.2, 0.25) is 0 Å². The van der Waals surface area contributed by atoms with E-state index in [0.717, 1.165) is 24.3 Å². The van der Waals surface area contributed by atoms with Crippen molar-refractivity contribution in [3.05, 3.63) is 48.1 Å². The summed E-state index contributed by atoms with van der Waals surface area (Å²) < 4.78 is 5.44. The Morgan fingerprint density at radius 2 is 2.35 bits per heavy atom. The molecule has 0 aromatic heterocycles. The molecular formula is C16H19NO3. The SMILES string of the molecule is C=CCN(CCO)C(=O)/C=C/c1ccc2c(c1)CCO2. The molecule has 0 spiro atoms. The number of nitrogens with zero attached hydrogens (tertiary/aromatic N) is 1. The van der Waals surface area contributed by atoms with Gasteiger partial charge in [0.2, 0.25) is 5.91 Å². The predicted molar refractivity (Wildman–Crippen MR) is 78.5 cm³/mol. The highest BCUT2D eigenvalue weighted by molar-refractivity contribution is 5.91. The van der Waals surface area contributed by atoms with Crippen molar-refractivity contribution in [2.75, 3.05) is 26.3 Å². The first kappa shape index (κ1) is 14.3. The second kappa shape index (κ2) is 6.91. The number of ether oxygens (including phenoxy) is 1. The molecular weight excluding hydrogens is 254 g/mol. The molecule has 0 radical (unpaired) electrons. The minimum atomic E-state index is -0.129. The first-order valence-electron chi connectivity index (χ1n) is 6.69. The van der Waals surface area contributed by atoms with Gasteiger partial charge in [-0.2, -0.15) is 0 Å². The summed E-state index contributed by atoms with van der Waals surface area (Å²) in [5.74, 6) is 0.803. The predicted octanol–water partition coefficient (Wildman–Crippen LogP) is 1.64. The first-order chi connectivity index (χ1) is 9.74. The van der Waals surface area contributed by atoms with Crippen LogP contribution in [0.4, 0.5) is 0 Å². The van der Waals surface area contributed by atoms with Crippen LogP contribution in [-0.2, 0) is 11.2 Å². The molecule has 1 heterocycles. The fourth-order valence-electron chi connectivity index (χ4n) is 2.15. The van der Waals surface area contributed by atoms with Crippen molar-refractivity contribution in [2.24, 2.45) is 0 Å². The Balaban J connectivity index is 2.04. The van der Waals surface area contributed by atoms with Crippen molar-refractivity contribution in [3.63, 3.8) is 0 Å². The zero-order valence-electron chi connectivity index (χ0n) is 11.4. The van der Waals surface area contributed by atoms with E-state index in [0.29, 0.717) is 13.1 Å². The number of rotatable bonds is 6. The fourth-order valence-corrected chi connectivity index (χ4v) is 2.15. The lowest BCUT2D eigenvalue weighted by atomic mass is 10.1. The van der Waals surface area contributed by atoms with Gasteiger partial charge in [-0.1, -0.05) is 12.1 Å². The molecule has 4 nitrogen and oxygen atoms in total. The summed E-state index contributed by atoms with van der Waals surface area (Å²) in [7, 11) is 0. The van der Waals surface area contributed by atoms with E-state index < -0.39 is 0 Å². The van der Waals surface area contributed by atoms with Gasteiger partial charge in [0.05, 0.1) is 13.2 Å². The second-order valence-electron chi connectivity index (χ2n) is 4.60. The Kier molecular flexibility index (Phi) is 4.96. The third kappa shape index (κ3) is 3.48. The van der Waals surface area contributed by atoms with Crippen LogP contribution in [0.15, 0.2) is 36.9 Å². The molecule has 106 valence electrons. The van der Waals surface area contributed by atoms with E-state index in [4.69, 9.17) is 9.84 Å². The van der Waals surface area contributed by atoms with Crippen LogP contribution in [0.3, 0.4) is 0 Å². The Hall–Kier alpha value is -2.07. The maximum atomic E-state index is 12.0. The largest absolute Gasteiger partial charge is 0.493 e. The van der Waals surface area contributed by atoms with E-state index in [1.165, 1.54) is 11.6 Å². The summed E-state index contributed by atoms with van der Waals surface area (Å²) in [6, 6.07) is 5.90. The van der Waals surface area contributed by atoms with Crippen molar-refractivity contribution >= 4 is 12.0 Å². The Labute approximate surface area is 119 Å². The zero-order valence-corrected chi connectivity index (χ0v) is 11.4. The van der Waals surface area contributed by atoms with E-state index in [2.05, 4.69) is 6.58 Å². The van der Waals surface area contributed by atoms with Gasteiger partial charge in [-0.05, 0) is 29.3 Å². The van der Waals surface area contributed by atoms with E-state index in [1.807, 2.05) is 18.2 Å². The van der Waals surface area contributed by atoms with Crippen molar-refractivity contribution in [1.29, 1.82) is 0 Å². The standard InChI is InChI=1S/C16H19NO3/c1-2-8-17(9-10-18)16(19)6-4-13-3-5-15-14(12-13)7-11-20-15/h2-6,12,18H,1,7-11H2/b6-4+. The van der Waals surface area contributed by atoms with Crippen LogP contribution in [0.1, 0.15) is 11.1 Å².